The van der Waals surface area contributed by atoms with Gasteiger partial charge in [-0.1, -0.05) is 6.07 Å². The number of fused-ring (bicyclic) bond motifs is 1. The molecule has 0 saturated heterocycles. The average molecular weight is 493 g/mol. The Morgan fingerprint density at radius 3 is 2.47 bits per heavy atom. The molecule has 4 heterocycles. The van der Waals surface area contributed by atoms with E-state index in [0.717, 1.165) is 6.07 Å². The van der Waals surface area contributed by atoms with Crippen molar-refractivity contribution in [3.05, 3.63) is 39.6 Å². The van der Waals surface area contributed by atoms with E-state index in [1.165, 1.54) is 25.2 Å². The Hall–Kier alpha value is -2.51. The van der Waals surface area contributed by atoms with E-state index in [1.807, 2.05) is 0 Å². The summed E-state index contributed by atoms with van der Waals surface area (Å²) in [6.07, 6.45) is -11.0. The largest absolute Gasteiger partial charge is 0.438 e. The predicted octanol–water partition coefficient (Wildman–Crippen LogP) is 5.82. The summed E-state index contributed by atoms with van der Waals surface area (Å²) in [5.41, 5.74) is -4.94. The second-order valence-electron chi connectivity index (χ2n) is 7.21. The Balaban J connectivity index is 1.91. The van der Waals surface area contributed by atoms with E-state index < -0.39 is 40.8 Å². The molecule has 0 spiro atoms. The number of nitrogens with zero attached hydrogens (tertiary/aromatic N) is 3. The molecular formula is C19H13F6N3O2S2. The van der Waals surface area contributed by atoms with Gasteiger partial charge in [0.15, 0.2) is 0 Å². The van der Waals surface area contributed by atoms with Crippen LogP contribution in [-0.4, -0.2) is 38.6 Å². The molecule has 1 aliphatic heterocycles. The topological polar surface area (TPSA) is 65.8 Å². The fraction of sp³-hybridized carbons (Fsp3) is 0.316. The number of thiophene rings is 2. The van der Waals surface area contributed by atoms with Gasteiger partial charge in [0.2, 0.25) is 0 Å². The molecule has 0 aliphatic carbocycles. The molecule has 4 rings (SSSR count). The summed E-state index contributed by atoms with van der Waals surface area (Å²) >= 11 is 1.70. The summed E-state index contributed by atoms with van der Waals surface area (Å²) in [7, 11) is 0. The van der Waals surface area contributed by atoms with Crippen LogP contribution in [0.2, 0.25) is 0 Å². The van der Waals surface area contributed by atoms with Crippen molar-refractivity contribution in [3.8, 4) is 10.6 Å². The second-order valence-corrected chi connectivity index (χ2v) is 9.16. The molecule has 0 unspecified atom stereocenters. The third kappa shape index (κ3) is 3.48. The average Bonchev–Trinajstić information content (AvgIpc) is 3.38. The van der Waals surface area contributed by atoms with Gasteiger partial charge in [0.25, 0.3) is 11.6 Å². The fourth-order valence-electron chi connectivity index (χ4n) is 3.47. The van der Waals surface area contributed by atoms with E-state index in [1.54, 1.807) is 17.5 Å². The zero-order chi connectivity index (χ0) is 23.6. The van der Waals surface area contributed by atoms with Crippen molar-refractivity contribution < 1.29 is 36.2 Å². The Bertz CT molecular complexity index is 1250. The number of amides is 1. The number of hydrazone groups is 1. The molecule has 1 atom stereocenters. The van der Waals surface area contributed by atoms with Gasteiger partial charge < -0.3 is 5.11 Å². The highest BCUT2D eigenvalue weighted by atomic mass is 32.1. The lowest BCUT2D eigenvalue weighted by Gasteiger charge is -2.32. The Kier molecular flexibility index (Phi) is 5.14. The third-order valence-corrected chi connectivity index (χ3v) is 7.01. The van der Waals surface area contributed by atoms with Gasteiger partial charge in [0, 0.05) is 17.5 Å². The molecule has 0 fully saturated rings. The van der Waals surface area contributed by atoms with Crippen LogP contribution in [0.1, 0.15) is 34.1 Å². The van der Waals surface area contributed by atoms with Crippen molar-refractivity contribution >= 4 is 44.5 Å². The summed E-state index contributed by atoms with van der Waals surface area (Å²) in [6, 6.07) is 4.07. The molecular weight excluding hydrogens is 480 g/mol. The number of pyridine rings is 1. The normalized spacial score (nSPS) is 19.7. The first-order valence-electron chi connectivity index (χ1n) is 8.97. The molecule has 1 aliphatic rings. The lowest BCUT2D eigenvalue weighted by atomic mass is 10.0. The van der Waals surface area contributed by atoms with Crippen LogP contribution in [0.5, 0.6) is 0 Å². The van der Waals surface area contributed by atoms with E-state index >= 15 is 0 Å². The van der Waals surface area contributed by atoms with Crippen LogP contribution >= 0.6 is 22.7 Å². The molecule has 0 bridgehead atoms. The van der Waals surface area contributed by atoms with Gasteiger partial charge in [-0.3, -0.25) is 4.79 Å². The molecule has 3 aromatic rings. The number of aromatic nitrogens is 1. The van der Waals surface area contributed by atoms with Crippen molar-refractivity contribution in [1.29, 1.82) is 0 Å². The first-order chi connectivity index (χ1) is 14.7. The molecule has 5 nitrogen and oxygen atoms in total. The number of alkyl halides is 6. The van der Waals surface area contributed by atoms with Gasteiger partial charge in [-0.15, -0.1) is 22.7 Å². The van der Waals surface area contributed by atoms with E-state index in [9.17, 15) is 36.2 Å². The number of hydrogen-bond acceptors (Lipinski definition) is 6. The van der Waals surface area contributed by atoms with Crippen LogP contribution < -0.4 is 0 Å². The Morgan fingerprint density at radius 2 is 1.91 bits per heavy atom. The summed E-state index contributed by atoms with van der Waals surface area (Å²) in [6.45, 7) is 2.41. The van der Waals surface area contributed by atoms with Crippen molar-refractivity contribution in [1.82, 2.24) is 9.99 Å². The van der Waals surface area contributed by atoms with Crippen LogP contribution in [0.15, 0.2) is 28.7 Å². The molecule has 0 radical (unpaired) electrons. The van der Waals surface area contributed by atoms with Gasteiger partial charge >= 0.3 is 12.4 Å². The molecule has 170 valence electrons. The SMILES string of the molecule is CC1=NN(C(=O)c2sc3nc(-c4cccs4)cc(C(F)(F)F)c3c2C)[C@@](O)(C(F)(F)F)C1. The van der Waals surface area contributed by atoms with E-state index in [2.05, 4.69) is 10.1 Å². The van der Waals surface area contributed by atoms with Crippen molar-refractivity contribution in [2.75, 3.05) is 0 Å². The lowest BCUT2D eigenvalue weighted by molar-refractivity contribution is -0.297. The first-order valence-corrected chi connectivity index (χ1v) is 10.7. The van der Waals surface area contributed by atoms with Crippen LogP contribution in [0.4, 0.5) is 26.3 Å². The third-order valence-electron chi connectivity index (χ3n) is 4.94. The molecule has 3 aromatic heterocycles. The summed E-state index contributed by atoms with van der Waals surface area (Å²) in [5, 5.41) is 14.9. The Morgan fingerprint density at radius 1 is 1.22 bits per heavy atom. The quantitative estimate of drug-likeness (QED) is 0.457. The summed E-state index contributed by atoms with van der Waals surface area (Å²) in [5.74, 6) is -1.35. The molecule has 32 heavy (non-hydrogen) atoms. The molecule has 0 saturated carbocycles. The minimum absolute atomic E-state index is 0.0295. The highest BCUT2D eigenvalue weighted by Gasteiger charge is 2.63. The molecule has 1 N–H and O–H groups in total. The smallest absolute Gasteiger partial charge is 0.362 e. The van der Waals surface area contributed by atoms with Gasteiger partial charge in [-0.05, 0) is 36.9 Å². The monoisotopic (exact) mass is 493 g/mol. The highest BCUT2D eigenvalue weighted by molar-refractivity contribution is 7.20. The first kappa shape index (κ1) is 22.7. The van der Waals surface area contributed by atoms with Gasteiger partial charge in [-0.25, -0.2) is 4.98 Å². The predicted molar refractivity (Wildman–Crippen MR) is 108 cm³/mol. The second kappa shape index (κ2) is 7.25. The van der Waals surface area contributed by atoms with Crippen LogP contribution in [0.25, 0.3) is 20.8 Å². The van der Waals surface area contributed by atoms with E-state index in [-0.39, 0.29) is 32.2 Å². The van der Waals surface area contributed by atoms with E-state index in [4.69, 9.17) is 0 Å². The molecule has 1 amide bonds. The van der Waals surface area contributed by atoms with Crippen molar-refractivity contribution in [2.24, 2.45) is 5.10 Å². The zero-order valence-corrected chi connectivity index (χ0v) is 17.9. The maximum absolute atomic E-state index is 13.8. The van der Waals surface area contributed by atoms with Crippen LogP contribution in [-0.2, 0) is 6.18 Å². The minimum Gasteiger partial charge on any atom is -0.362 e. The number of carbonyl (C=O) groups excluding carboxylic acids is 1. The van der Waals surface area contributed by atoms with Gasteiger partial charge in [-0.2, -0.15) is 36.5 Å². The number of carbonyl (C=O) groups is 1. The number of hydrogen-bond donors (Lipinski definition) is 1. The van der Waals surface area contributed by atoms with Crippen LogP contribution in [0, 0.1) is 6.92 Å². The summed E-state index contributed by atoms with van der Waals surface area (Å²) in [4.78, 5) is 17.1. The maximum atomic E-state index is 13.8. The summed E-state index contributed by atoms with van der Waals surface area (Å²) < 4.78 is 82.0. The molecule has 0 aromatic carbocycles. The number of rotatable bonds is 2. The number of aliphatic hydroxyl groups is 1. The van der Waals surface area contributed by atoms with Crippen molar-refractivity contribution in [3.63, 3.8) is 0 Å². The van der Waals surface area contributed by atoms with Crippen LogP contribution in [0.3, 0.4) is 0 Å². The van der Waals surface area contributed by atoms with E-state index in [0.29, 0.717) is 16.2 Å². The number of halogens is 6. The standard InChI is InChI=1S/C19H13F6N3O2S2/c1-8-7-17(30,19(23,24)25)28(27-8)16(29)14-9(2)13-10(18(20,21)22)6-11(26-15(13)32-14)12-4-3-5-31-12/h3-6,30H,7H2,1-2H3/t17-/m0/s1. The maximum Gasteiger partial charge on any atom is 0.438 e. The Labute approximate surface area is 184 Å². The molecule has 13 heteroatoms. The van der Waals surface area contributed by atoms with Gasteiger partial charge in [0.1, 0.15) is 4.83 Å². The lowest BCUT2D eigenvalue weighted by Crippen LogP contribution is -2.56. The van der Waals surface area contributed by atoms with Crippen molar-refractivity contribution in [2.45, 2.75) is 38.3 Å². The van der Waals surface area contributed by atoms with Gasteiger partial charge in [0.05, 0.1) is 21.0 Å². The number of aryl methyl sites for hydroxylation is 1. The highest BCUT2D eigenvalue weighted by Crippen LogP contribution is 2.45. The minimum atomic E-state index is -5.23. The fourth-order valence-corrected chi connectivity index (χ4v) is 5.29. The zero-order valence-electron chi connectivity index (χ0n) is 16.3.